The zero-order valence-electron chi connectivity index (χ0n) is 10.8. The summed E-state index contributed by atoms with van der Waals surface area (Å²) >= 11 is 5.74. The zero-order chi connectivity index (χ0) is 15.3. The van der Waals surface area contributed by atoms with Gasteiger partial charge in [-0.05, 0) is 29.8 Å². The van der Waals surface area contributed by atoms with Crippen LogP contribution in [0.25, 0.3) is 5.57 Å². The lowest BCUT2D eigenvalue weighted by Gasteiger charge is -2.04. The molecule has 0 unspecified atom stereocenters. The van der Waals surface area contributed by atoms with E-state index in [9.17, 15) is 13.2 Å². The summed E-state index contributed by atoms with van der Waals surface area (Å²) in [6, 6.07) is 14.9. The van der Waals surface area contributed by atoms with Crippen molar-refractivity contribution in [3.63, 3.8) is 0 Å². The van der Waals surface area contributed by atoms with Gasteiger partial charge < -0.3 is 0 Å². The number of hydrogen-bond acceptors (Lipinski definition) is 0. The smallest absolute Gasteiger partial charge is 0.167 e. The second kappa shape index (κ2) is 6.51. The molecule has 0 saturated carbocycles. The van der Waals surface area contributed by atoms with Crippen molar-refractivity contribution >= 4 is 17.2 Å². The van der Waals surface area contributed by atoms with Gasteiger partial charge in [0.25, 0.3) is 0 Å². The summed E-state index contributed by atoms with van der Waals surface area (Å²) in [6.45, 7) is 0. The molecular weight excluding hydrogens is 297 g/mol. The Bertz CT molecular complexity index is 687. The summed E-state index contributed by atoms with van der Waals surface area (Å²) in [5.74, 6) is 5.31. The van der Waals surface area contributed by atoms with Crippen LogP contribution in [0.3, 0.4) is 0 Å². The van der Waals surface area contributed by atoms with Gasteiger partial charge in [-0.25, -0.2) is 0 Å². The Balaban J connectivity index is 2.41. The van der Waals surface area contributed by atoms with Gasteiger partial charge in [0.1, 0.15) is 0 Å². The van der Waals surface area contributed by atoms with E-state index in [0.29, 0.717) is 16.1 Å². The molecule has 0 aromatic heterocycles. The predicted molar refractivity (Wildman–Crippen MR) is 78.8 cm³/mol. The van der Waals surface area contributed by atoms with Crippen LogP contribution in [0, 0.1) is 11.8 Å². The van der Waals surface area contributed by atoms with Gasteiger partial charge in [0.15, 0.2) is 0 Å². The van der Waals surface area contributed by atoms with Crippen molar-refractivity contribution in [2.24, 2.45) is 0 Å². The van der Waals surface area contributed by atoms with Gasteiger partial charge in [-0.3, -0.25) is 0 Å². The predicted octanol–water partition coefficient (Wildman–Crippen LogP) is 5.34. The Morgan fingerprint density at radius 2 is 1.57 bits per heavy atom. The zero-order valence-corrected chi connectivity index (χ0v) is 11.5. The van der Waals surface area contributed by atoms with E-state index in [-0.39, 0.29) is 11.6 Å². The van der Waals surface area contributed by atoms with Crippen LogP contribution in [0.4, 0.5) is 13.2 Å². The van der Waals surface area contributed by atoms with E-state index in [4.69, 9.17) is 11.6 Å². The number of alkyl halides is 3. The molecule has 0 nitrogen and oxygen atoms in total. The maximum Gasteiger partial charge on any atom is 0.410 e. The van der Waals surface area contributed by atoms with Gasteiger partial charge in [0, 0.05) is 22.2 Å². The van der Waals surface area contributed by atoms with Crippen molar-refractivity contribution < 1.29 is 13.2 Å². The van der Waals surface area contributed by atoms with E-state index in [1.165, 1.54) is 24.3 Å². The molecule has 2 aromatic rings. The highest BCUT2D eigenvalue weighted by Gasteiger charge is 2.24. The molecule has 0 amide bonds. The molecule has 106 valence electrons. The largest absolute Gasteiger partial charge is 0.410 e. The first-order valence-electron chi connectivity index (χ1n) is 6.07. The molecule has 0 aliphatic heterocycles. The van der Waals surface area contributed by atoms with Gasteiger partial charge in [0.2, 0.25) is 0 Å². The monoisotopic (exact) mass is 306 g/mol. The fraction of sp³-hybridized carbons (Fsp3) is 0.0588. The maximum atomic E-state index is 12.6. The van der Waals surface area contributed by atoms with Crippen LogP contribution in [0.1, 0.15) is 11.1 Å². The number of hydrogen-bond donors (Lipinski definition) is 0. The normalized spacial score (nSPS) is 11.7. The molecule has 2 aromatic carbocycles. The summed E-state index contributed by atoms with van der Waals surface area (Å²) in [4.78, 5) is 0. The number of halogens is 4. The average molecular weight is 307 g/mol. The molecule has 0 bridgehead atoms. The van der Waals surface area contributed by atoms with Crippen LogP contribution in [0.5, 0.6) is 0 Å². The second-order valence-electron chi connectivity index (χ2n) is 4.22. The van der Waals surface area contributed by atoms with Crippen molar-refractivity contribution in [3.05, 3.63) is 76.8 Å². The van der Waals surface area contributed by atoms with Crippen LogP contribution in [-0.2, 0) is 0 Å². The minimum Gasteiger partial charge on any atom is -0.167 e. The van der Waals surface area contributed by atoms with E-state index < -0.39 is 6.18 Å². The van der Waals surface area contributed by atoms with Crippen LogP contribution in [-0.4, -0.2) is 6.18 Å². The summed E-state index contributed by atoms with van der Waals surface area (Å²) in [6.07, 6.45) is -4.23. The molecule has 0 aliphatic carbocycles. The minimum atomic E-state index is -4.43. The van der Waals surface area contributed by atoms with E-state index >= 15 is 0 Å². The lowest BCUT2D eigenvalue weighted by Crippen LogP contribution is -2.02. The third-order valence-electron chi connectivity index (χ3n) is 2.58. The third-order valence-corrected chi connectivity index (χ3v) is 2.83. The highest BCUT2D eigenvalue weighted by molar-refractivity contribution is 6.30. The Morgan fingerprint density at radius 3 is 2.14 bits per heavy atom. The molecule has 0 radical (unpaired) electrons. The minimum absolute atomic E-state index is 0.0944. The van der Waals surface area contributed by atoms with E-state index in [1.807, 2.05) is 6.07 Å². The first-order chi connectivity index (χ1) is 9.94. The van der Waals surface area contributed by atoms with Crippen LogP contribution >= 0.6 is 11.6 Å². The highest BCUT2D eigenvalue weighted by atomic mass is 35.5. The fourth-order valence-electron chi connectivity index (χ4n) is 1.65. The van der Waals surface area contributed by atoms with E-state index in [2.05, 4.69) is 11.8 Å². The fourth-order valence-corrected chi connectivity index (χ4v) is 1.77. The number of allylic oxidation sites excluding steroid dienone is 2. The van der Waals surface area contributed by atoms with Crippen molar-refractivity contribution in [2.75, 3.05) is 0 Å². The molecule has 0 saturated heterocycles. The highest BCUT2D eigenvalue weighted by Crippen LogP contribution is 2.24. The Morgan fingerprint density at radius 1 is 0.952 bits per heavy atom. The Labute approximate surface area is 125 Å². The first kappa shape index (κ1) is 15.2. The van der Waals surface area contributed by atoms with Crippen molar-refractivity contribution in [2.45, 2.75) is 6.18 Å². The second-order valence-corrected chi connectivity index (χ2v) is 4.66. The average Bonchev–Trinajstić information content (AvgIpc) is 2.44. The van der Waals surface area contributed by atoms with Gasteiger partial charge >= 0.3 is 6.18 Å². The topological polar surface area (TPSA) is 0 Å². The number of rotatable bonds is 1. The van der Waals surface area contributed by atoms with Gasteiger partial charge in [-0.15, -0.1) is 0 Å². The Hall–Kier alpha value is -2.18. The Kier molecular flexibility index (Phi) is 4.72. The molecule has 0 fully saturated rings. The standard InChI is InChI=1S/C17H10ClF3/c18-16-10-8-14(9-11-16)15(12-17(19,20)21)7-6-13-4-2-1-3-5-13/h1-5,8-12H/b15-12-. The molecule has 0 spiro atoms. The van der Waals surface area contributed by atoms with Crippen LogP contribution < -0.4 is 0 Å². The molecule has 0 atom stereocenters. The molecule has 0 heterocycles. The first-order valence-corrected chi connectivity index (χ1v) is 6.44. The van der Waals surface area contributed by atoms with Crippen molar-refractivity contribution in [3.8, 4) is 11.8 Å². The molecule has 2 rings (SSSR count). The summed E-state index contributed by atoms with van der Waals surface area (Å²) in [7, 11) is 0. The quantitative estimate of drug-likeness (QED) is 0.624. The summed E-state index contributed by atoms with van der Waals surface area (Å²) < 4.78 is 37.9. The van der Waals surface area contributed by atoms with E-state index in [0.717, 1.165) is 0 Å². The van der Waals surface area contributed by atoms with Crippen molar-refractivity contribution in [1.29, 1.82) is 0 Å². The lowest BCUT2D eigenvalue weighted by atomic mass is 10.1. The summed E-state index contributed by atoms with van der Waals surface area (Å²) in [5, 5.41) is 0.459. The molecular formula is C17H10ClF3. The lowest BCUT2D eigenvalue weighted by molar-refractivity contribution is -0.0792. The van der Waals surface area contributed by atoms with Gasteiger partial charge in [0.05, 0.1) is 0 Å². The molecule has 21 heavy (non-hydrogen) atoms. The molecule has 0 N–H and O–H groups in total. The van der Waals surface area contributed by atoms with E-state index in [1.54, 1.807) is 24.3 Å². The van der Waals surface area contributed by atoms with Gasteiger partial charge in [-0.1, -0.05) is 53.8 Å². The number of benzene rings is 2. The maximum absolute atomic E-state index is 12.6. The summed E-state index contributed by atoms with van der Waals surface area (Å²) in [5.41, 5.74) is 0.933. The molecule has 0 aliphatic rings. The van der Waals surface area contributed by atoms with Crippen LogP contribution in [0.15, 0.2) is 60.7 Å². The third kappa shape index (κ3) is 5.02. The SMILES string of the molecule is FC(F)(F)/C=C(/C#Cc1ccccc1)c1ccc(Cl)cc1. The molecule has 4 heteroatoms. The van der Waals surface area contributed by atoms with Gasteiger partial charge in [-0.2, -0.15) is 13.2 Å². The van der Waals surface area contributed by atoms with Crippen molar-refractivity contribution in [1.82, 2.24) is 0 Å². The van der Waals surface area contributed by atoms with Crippen LogP contribution in [0.2, 0.25) is 5.02 Å².